The first-order chi connectivity index (χ1) is 12.6. The number of phenols is 1. The lowest BCUT2D eigenvalue weighted by Crippen LogP contribution is -1.99. The van der Waals surface area contributed by atoms with Gasteiger partial charge in [-0.05, 0) is 59.2 Å². The van der Waals surface area contributed by atoms with Crippen LogP contribution < -0.4 is 0 Å². The maximum Gasteiger partial charge on any atom is 0.339 e. The minimum absolute atomic E-state index is 0.0216. The van der Waals surface area contributed by atoms with E-state index in [9.17, 15) is 9.90 Å². The number of carboxylic acid groups (broad SMARTS) is 1. The van der Waals surface area contributed by atoms with Crippen molar-refractivity contribution in [3.8, 4) is 5.75 Å². The Morgan fingerprint density at radius 1 is 1.00 bits per heavy atom. The fraction of sp³-hybridized carbons (Fsp3) is 0.261. The molecule has 3 aromatic rings. The fourth-order valence-electron chi connectivity index (χ4n) is 3.53. The van der Waals surface area contributed by atoms with Gasteiger partial charge < -0.3 is 10.2 Å². The second kappa shape index (κ2) is 8.05. The van der Waals surface area contributed by atoms with Gasteiger partial charge in [-0.1, -0.05) is 61.9 Å². The summed E-state index contributed by atoms with van der Waals surface area (Å²) >= 11 is 0. The average Bonchev–Trinajstić information content (AvgIpc) is 2.65. The van der Waals surface area contributed by atoms with Crippen LogP contribution in [-0.2, 0) is 6.42 Å². The molecule has 0 saturated carbocycles. The van der Waals surface area contributed by atoms with Crippen molar-refractivity contribution in [2.45, 2.75) is 38.5 Å². The summed E-state index contributed by atoms with van der Waals surface area (Å²) in [6.45, 7) is 2.27. The summed E-state index contributed by atoms with van der Waals surface area (Å²) in [5.74, 6) is -0.782. The number of fused-ring (bicyclic) bond motifs is 1. The van der Waals surface area contributed by atoms with Gasteiger partial charge in [0.15, 0.2) is 0 Å². The highest BCUT2D eigenvalue weighted by atomic mass is 16.4. The number of unbranched alkanes of at least 4 members (excludes halogenated alkanes) is 1. The molecule has 1 atom stereocenters. The monoisotopic (exact) mass is 348 g/mol. The smallest absolute Gasteiger partial charge is 0.339 e. The van der Waals surface area contributed by atoms with Gasteiger partial charge in [-0.25, -0.2) is 4.79 Å². The molecular formula is C23H24O3. The molecule has 26 heavy (non-hydrogen) atoms. The summed E-state index contributed by atoms with van der Waals surface area (Å²) in [6.07, 6.45) is 3.99. The second-order valence-corrected chi connectivity index (χ2v) is 6.87. The molecular weight excluding hydrogens is 324 g/mol. The van der Waals surface area contributed by atoms with Crippen LogP contribution in [0.2, 0.25) is 0 Å². The van der Waals surface area contributed by atoms with Gasteiger partial charge in [0.25, 0.3) is 0 Å². The maximum atomic E-state index is 11.1. The standard InChI is InChI=1S/C23H24O3/c1-16(19-12-6-10-18-9-4-5-11-20(18)19)7-2-3-8-17-13-14-22(24)21(15-17)23(25)26/h4-6,9-16,24H,2-3,7-8H2,1H3,(H,25,26)/t16-/m0/s1. The first kappa shape index (κ1) is 18.0. The number of aromatic hydroxyl groups is 1. The molecule has 0 aliphatic heterocycles. The molecule has 3 aromatic carbocycles. The van der Waals surface area contributed by atoms with Crippen LogP contribution in [0.5, 0.6) is 5.75 Å². The SMILES string of the molecule is C[C@@H](CCCCc1ccc(O)c(C(=O)O)c1)c1cccc2ccccc12. The first-order valence-corrected chi connectivity index (χ1v) is 9.09. The lowest BCUT2D eigenvalue weighted by atomic mass is 9.90. The van der Waals surface area contributed by atoms with Gasteiger partial charge in [0.05, 0.1) is 0 Å². The van der Waals surface area contributed by atoms with E-state index in [4.69, 9.17) is 5.11 Å². The molecule has 0 radical (unpaired) electrons. The van der Waals surface area contributed by atoms with Gasteiger partial charge in [0.1, 0.15) is 11.3 Å². The Balaban J connectivity index is 1.58. The van der Waals surface area contributed by atoms with E-state index in [1.165, 1.54) is 22.4 Å². The van der Waals surface area contributed by atoms with Crippen LogP contribution in [0.25, 0.3) is 10.8 Å². The molecule has 0 fully saturated rings. The Bertz CT molecular complexity index is 909. The molecule has 0 aromatic heterocycles. The van der Waals surface area contributed by atoms with Gasteiger partial charge in [-0.15, -0.1) is 0 Å². The molecule has 0 amide bonds. The number of aryl methyl sites for hydroxylation is 1. The van der Waals surface area contributed by atoms with Crippen LogP contribution in [-0.4, -0.2) is 16.2 Å². The third-order valence-electron chi connectivity index (χ3n) is 5.00. The molecule has 0 heterocycles. The van der Waals surface area contributed by atoms with Crippen molar-refractivity contribution in [3.63, 3.8) is 0 Å². The Hall–Kier alpha value is -2.81. The molecule has 3 nitrogen and oxygen atoms in total. The van der Waals surface area contributed by atoms with Crippen molar-refractivity contribution in [2.75, 3.05) is 0 Å². The summed E-state index contributed by atoms with van der Waals surface area (Å²) in [5.41, 5.74) is 2.32. The summed E-state index contributed by atoms with van der Waals surface area (Å²) in [4.78, 5) is 11.1. The van der Waals surface area contributed by atoms with E-state index in [0.717, 1.165) is 31.2 Å². The Morgan fingerprint density at radius 2 is 1.77 bits per heavy atom. The van der Waals surface area contributed by atoms with E-state index in [1.807, 2.05) is 0 Å². The van der Waals surface area contributed by atoms with Crippen molar-refractivity contribution in [1.29, 1.82) is 0 Å². The summed E-state index contributed by atoms with van der Waals surface area (Å²) in [6, 6.07) is 19.8. The maximum absolute atomic E-state index is 11.1. The van der Waals surface area contributed by atoms with E-state index < -0.39 is 5.97 Å². The number of carboxylic acids is 1. The lowest BCUT2D eigenvalue weighted by molar-refractivity contribution is 0.0693. The van der Waals surface area contributed by atoms with Crippen molar-refractivity contribution >= 4 is 16.7 Å². The van der Waals surface area contributed by atoms with Gasteiger partial charge in [-0.2, -0.15) is 0 Å². The molecule has 3 heteroatoms. The van der Waals surface area contributed by atoms with E-state index in [-0.39, 0.29) is 11.3 Å². The van der Waals surface area contributed by atoms with Gasteiger partial charge in [-0.3, -0.25) is 0 Å². The highest BCUT2D eigenvalue weighted by Gasteiger charge is 2.11. The van der Waals surface area contributed by atoms with Gasteiger partial charge in [0.2, 0.25) is 0 Å². The predicted molar refractivity (Wildman–Crippen MR) is 105 cm³/mol. The molecule has 134 valence electrons. The Labute approximate surface area is 153 Å². The zero-order valence-electron chi connectivity index (χ0n) is 15.0. The number of hydrogen-bond acceptors (Lipinski definition) is 2. The minimum Gasteiger partial charge on any atom is -0.507 e. The van der Waals surface area contributed by atoms with Crippen LogP contribution in [0.1, 0.15) is 53.6 Å². The molecule has 0 aliphatic rings. The number of rotatable bonds is 7. The molecule has 2 N–H and O–H groups in total. The van der Waals surface area contributed by atoms with Crippen molar-refractivity contribution in [1.82, 2.24) is 0 Å². The third-order valence-corrected chi connectivity index (χ3v) is 5.00. The number of benzene rings is 3. The van der Waals surface area contributed by atoms with Crippen LogP contribution in [0.4, 0.5) is 0 Å². The molecule has 0 saturated heterocycles. The Kier molecular flexibility index (Phi) is 5.57. The first-order valence-electron chi connectivity index (χ1n) is 9.09. The largest absolute Gasteiger partial charge is 0.507 e. The van der Waals surface area contributed by atoms with Crippen LogP contribution >= 0.6 is 0 Å². The van der Waals surface area contributed by atoms with Gasteiger partial charge in [0, 0.05) is 0 Å². The minimum atomic E-state index is -1.09. The summed E-state index contributed by atoms with van der Waals surface area (Å²) in [7, 11) is 0. The molecule has 0 bridgehead atoms. The van der Waals surface area contributed by atoms with E-state index in [1.54, 1.807) is 12.1 Å². The predicted octanol–water partition coefficient (Wildman–Crippen LogP) is 5.76. The zero-order chi connectivity index (χ0) is 18.5. The number of hydrogen-bond donors (Lipinski definition) is 2. The molecule has 3 rings (SSSR count). The Morgan fingerprint density at radius 3 is 2.58 bits per heavy atom. The highest BCUT2D eigenvalue weighted by molar-refractivity contribution is 5.91. The van der Waals surface area contributed by atoms with Crippen molar-refractivity contribution in [3.05, 3.63) is 77.4 Å². The van der Waals surface area contributed by atoms with Crippen molar-refractivity contribution in [2.24, 2.45) is 0 Å². The topological polar surface area (TPSA) is 57.5 Å². The number of aromatic carboxylic acids is 1. The van der Waals surface area contributed by atoms with Gasteiger partial charge >= 0.3 is 5.97 Å². The molecule has 0 aliphatic carbocycles. The van der Waals surface area contributed by atoms with Crippen LogP contribution in [0.15, 0.2) is 60.7 Å². The van der Waals surface area contributed by atoms with Crippen molar-refractivity contribution < 1.29 is 15.0 Å². The zero-order valence-corrected chi connectivity index (χ0v) is 15.0. The average molecular weight is 348 g/mol. The highest BCUT2D eigenvalue weighted by Crippen LogP contribution is 2.29. The molecule has 0 unspecified atom stereocenters. The van der Waals surface area contributed by atoms with E-state index in [0.29, 0.717) is 5.92 Å². The summed E-state index contributed by atoms with van der Waals surface area (Å²) < 4.78 is 0. The third kappa shape index (κ3) is 4.05. The number of carbonyl (C=O) groups is 1. The second-order valence-electron chi connectivity index (χ2n) is 6.87. The van der Waals surface area contributed by atoms with Crippen LogP contribution in [0.3, 0.4) is 0 Å². The fourth-order valence-corrected chi connectivity index (χ4v) is 3.53. The lowest BCUT2D eigenvalue weighted by Gasteiger charge is -2.15. The van der Waals surface area contributed by atoms with E-state index >= 15 is 0 Å². The van der Waals surface area contributed by atoms with Crippen LogP contribution in [0, 0.1) is 0 Å². The van der Waals surface area contributed by atoms with E-state index in [2.05, 4.69) is 49.4 Å². The normalized spacial score (nSPS) is 12.2. The summed E-state index contributed by atoms with van der Waals surface area (Å²) in [5, 5.41) is 21.3. The molecule has 0 spiro atoms. The quantitative estimate of drug-likeness (QED) is 0.534.